The summed E-state index contributed by atoms with van der Waals surface area (Å²) in [6.07, 6.45) is 0.805. The van der Waals surface area contributed by atoms with Gasteiger partial charge in [-0.05, 0) is 31.5 Å². The molecule has 1 heterocycles. The van der Waals surface area contributed by atoms with Gasteiger partial charge in [-0.1, -0.05) is 6.92 Å². The monoisotopic (exact) mass is 350 g/mol. The van der Waals surface area contributed by atoms with Crippen molar-refractivity contribution in [2.24, 2.45) is 0 Å². The standard InChI is InChI=1S/C17H22N2O6/c1-3-6-18-16(21)11(2)19-15(20)10-25-17(22)12-4-5-13-14(9-12)24-8-7-23-13/h4-5,9,11H,3,6-8,10H2,1-2H3,(H,18,21)(H,19,20)/t11-/m0/s1. The molecule has 0 saturated heterocycles. The number of nitrogens with one attached hydrogen (secondary N) is 2. The number of amides is 2. The Morgan fingerprint density at radius 1 is 1.20 bits per heavy atom. The SMILES string of the molecule is CCCNC(=O)[C@H](C)NC(=O)COC(=O)c1ccc2c(c1)OCCO2. The molecule has 1 atom stereocenters. The van der Waals surface area contributed by atoms with Crippen LogP contribution >= 0.6 is 0 Å². The lowest BCUT2D eigenvalue weighted by molar-refractivity contribution is -0.130. The van der Waals surface area contributed by atoms with Crippen molar-refractivity contribution < 1.29 is 28.6 Å². The smallest absolute Gasteiger partial charge is 0.338 e. The Hall–Kier alpha value is -2.77. The number of rotatable bonds is 7. The predicted octanol–water partition coefficient (Wildman–Crippen LogP) is 0.645. The zero-order valence-electron chi connectivity index (χ0n) is 14.3. The van der Waals surface area contributed by atoms with Crippen molar-refractivity contribution >= 4 is 17.8 Å². The lowest BCUT2D eigenvalue weighted by Crippen LogP contribution is -2.46. The van der Waals surface area contributed by atoms with Crippen molar-refractivity contribution in [2.45, 2.75) is 26.3 Å². The van der Waals surface area contributed by atoms with Crippen LogP contribution in [0.1, 0.15) is 30.6 Å². The molecule has 0 aromatic heterocycles. The van der Waals surface area contributed by atoms with Crippen LogP contribution in [-0.2, 0) is 14.3 Å². The quantitative estimate of drug-likeness (QED) is 0.700. The van der Waals surface area contributed by atoms with Crippen molar-refractivity contribution in [3.63, 3.8) is 0 Å². The minimum atomic E-state index is -0.702. The molecule has 0 spiro atoms. The third-order valence-corrected chi connectivity index (χ3v) is 3.43. The van der Waals surface area contributed by atoms with Gasteiger partial charge < -0.3 is 24.8 Å². The van der Waals surface area contributed by atoms with Crippen LogP contribution in [0.2, 0.25) is 0 Å². The summed E-state index contributed by atoms with van der Waals surface area (Å²) in [5.41, 5.74) is 0.255. The van der Waals surface area contributed by atoms with Crippen LogP contribution in [-0.4, -0.2) is 50.2 Å². The van der Waals surface area contributed by atoms with E-state index in [4.69, 9.17) is 14.2 Å². The largest absolute Gasteiger partial charge is 0.486 e. The van der Waals surface area contributed by atoms with Crippen LogP contribution in [0, 0.1) is 0 Å². The van der Waals surface area contributed by atoms with E-state index in [-0.39, 0.29) is 11.5 Å². The summed E-state index contributed by atoms with van der Waals surface area (Å²) in [5.74, 6) is -0.465. The van der Waals surface area contributed by atoms with E-state index in [1.54, 1.807) is 13.0 Å². The van der Waals surface area contributed by atoms with Crippen molar-refractivity contribution in [2.75, 3.05) is 26.4 Å². The molecule has 0 saturated carbocycles. The topological polar surface area (TPSA) is 103 Å². The first kappa shape index (κ1) is 18.6. The van der Waals surface area contributed by atoms with E-state index in [1.165, 1.54) is 12.1 Å². The molecule has 0 bridgehead atoms. The zero-order valence-corrected chi connectivity index (χ0v) is 14.3. The molecular weight excluding hydrogens is 328 g/mol. The highest BCUT2D eigenvalue weighted by Crippen LogP contribution is 2.30. The van der Waals surface area contributed by atoms with Crippen LogP contribution in [0.25, 0.3) is 0 Å². The number of carbonyl (C=O) groups is 3. The third-order valence-electron chi connectivity index (χ3n) is 3.43. The van der Waals surface area contributed by atoms with Crippen LogP contribution in [0.15, 0.2) is 18.2 Å². The molecule has 0 aliphatic carbocycles. The van der Waals surface area contributed by atoms with Gasteiger partial charge in [-0.2, -0.15) is 0 Å². The maximum atomic E-state index is 12.0. The average molecular weight is 350 g/mol. The van der Waals surface area contributed by atoms with Gasteiger partial charge in [0.1, 0.15) is 19.3 Å². The van der Waals surface area contributed by atoms with E-state index >= 15 is 0 Å². The summed E-state index contributed by atoms with van der Waals surface area (Å²) >= 11 is 0. The van der Waals surface area contributed by atoms with Gasteiger partial charge in [-0.15, -0.1) is 0 Å². The molecule has 1 aromatic carbocycles. The number of hydrogen-bond donors (Lipinski definition) is 2. The first-order valence-electron chi connectivity index (χ1n) is 8.15. The maximum absolute atomic E-state index is 12.0. The van der Waals surface area contributed by atoms with Gasteiger partial charge in [0.15, 0.2) is 18.1 Å². The number of ether oxygens (including phenoxy) is 3. The Labute approximate surface area is 145 Å². The van der Waals surface area contributed by atoms with Crippen molar-refractivity contribution in [3.8, 4) is 11.5 Å². The van der Waals surface area contributed by atoms with Crippen LogP contribution in [0.5, 0.6) is 11.5 Å². The van der Waals surface area contributed by atoms with E-state index in [1.807, 2.05) is 6.92 Å². The average Bonchev–Trinajstić information content (AvgIpc) is 2.63. The van der Waals surface area contributed by atoms with Gasteiger partial charge in [0.2, 0.25) is 5.91 Å². The summed E-state index contributed by atoms with van der Waals surface area (Å²) in [7, 11) is 0. The van der Waals surface area contributed by atoms with Gasteiger partial charge >= 0.3 is 5.97 Å². The summed E-state index contributed by atoms with van der Waals surface area (Å²) in [4.78, 5) is 35.5. The highest BCUT2D eigenvalue weighted by atomic mass is 16.6. The molecule has 2 amide bonds. The number of hydrogen-bond acceptors (Lipinski definition) is 6. The first-order valence-corrected chi connectivity index (χ1v) is 8.15. The van der Waals surface area contributed by atoms with E-state index in [2.05, 4.69) is 10.6 Å². The molecule has 2 rings (SSSR count). The van der Waals surface area contributed by atoms with E-state index < -0.39 is 24.5 Å². The number of carbonyl (C=O) groups excluding carboxylic acids is 3. The lowest BCUT2D eigenvalue weighted by atomic mass is 10.2. The van der Waals surface area contributed by atoms with Crippen molar-refractivity contribution in [1.82, 2.24) is 10.6 Å². The molecule has 1 aliphatic heterocycles. The maximum Gasteiger partial charge on any atom is 0.338 e. The van der Waals surface area contributed by atoms with Crippen LogP contribution in [0.4, 0.5) is 0 Å². The summed E-state index contributed by atoms with van der Waals surface area (Å²) in [6, 6.07) is 3.96. The second kappa shape index (κ2) is 8.91. The number of esters is 1. The summed E-state index contributed by atoms with van der Waals surface area (Å²) < 4.78 is 15.7. The Morgan fingerprint density at radius 2 is 1.92 bits per heavy atom. The van der Waals surface area contributed by atoms with Gasteiger partial charge in [-0.25, -0.2) is 4.79 Å². The summed E-state index contributed by atoms with van der Waals surface area (Å²) in [6.45, 7) is 4.43. The second-order valence-electron chi connectivity index (χ2n) is 5.51. The molecular formula is C17H22N2O6. The normalized spacial score (nSPS) is 13.5. The second-order valence-corrected chi connectivity index (χ2v) is 5.51. The molecule has 2 N–H and O–H groups in total. The fourth-order valence-electron chi connectivity index (χ4n) is 2.13. The fraction of sp³-hybridized carbons (Fsp3) is 0.471. The minimum Gasteiger partial charge on any atom is -0.486 e. The summed E-state index contributed by atoms with van der Waals surface area (Å²) in [5, 5.41) is 5.14. The van der Waals surface area contributed by atoms with E-state index in [0.717, 1.165) is 6.42 Å². The van der Waals surface area contributed by atoms with Crippen molar-refractivity contribution in [1.29, 1.82) is 0 Å². The Bertz CT molecular complexity index is 646. The Morgan fingerprint density at radius 3 is 2.64 bits per heavy atom. The molecule has 8 heteroatoms. The predicted molar refractivity (Wildman–Crippen MR) is 88.6 cm³/mol. The highest BCUT2D eigenvalue weighted by molar-refractivity contribution is 5.93. The third kappa shape index (κ3) is 5.37. The molecule has 1 aliphatic rings. The molecule has 0 unspecified atom stereocenters. The van der Waals surface area contributed by atoms with Gasteiger partial charge in [0, 0.05) is 6.54 Å². The Kier molecular flexibility index (Phi) is 6.62. The lowest BCUT2D eigenvalue weighted by Gasteiger charge is -2.18. The molecule has 8 nitrogen and oxygen atoms in total. The van der Waals surface area contributed by atoms with E-state index in [0.29, 0.717) is 31.3 Å². The van der Waals surface area contributed by atoms with Gasteiger partial charge in [-0.3, -0.25) is 9.59 Å². The number of fused-ring (bicyclic) bond motifs is 1. The van der Waals surface area contributed by atoms with Crippen LogP contribution in [0.3, 0.4) is 0 Å². The molecule has 0 fully saturated rings. The minimum absolute atomic E-state index is 0.255. The molecule has 25 heavy (non-hydrogen) atoms. The molecule has 136 valence electrons. The molecule has 1 aromatic rings. The molecule has 0 radical (unpaired) electrons. The van der Waals surface area contributed by atoms with Crippen molar-refractivity contribution in [3.05, 3.63) is 23.8 Å². The highest BCUT2D eigenvalue weighted by Gasteiger charge is 2.18. The van der Waals surface area contributed by atoms with Crippen LogP contribution < -0.4 is 20.1 Å². The Balaban J connectivity index is 1.81. The van der Waals surface area contributed by atoms with E-state index in [9.17, 15) is 14.4 Å². The van der Waals surface area contributed by atoms with Gasteiger partial charge in [0.25, 0.3) is 5.91 Å². The zero-order chi connectivity index (χ0) is 18.2. The fourth-order valence-corrected chi connectivity index (χ4v) is 2.13. The number of benzene rings is 1. The van der Waals surface area contributed by atoms with Gasteiger partial charge in [0.05, 0.1) is 5.56 Å². The first-order chi connectivity index (χ1) is 12.0.